The first-order valence-corrected chi connectivity index (χ1v) is 6.18. The maximum Gasteiger partial charge on any atom is 0.323 e. The van der Waals surface area contributed by atoms with Gasteiger partial charge in [0.25, 0.3) is 0 Å². The van der Waals surface area contributed by atoms with Crippen molar-refractivity contribution in [3.8, 4) is 0 Å². The maximum absolute atomic E-state index is 11.5. The van der Waals surface area contributed by atoms with Crippen molar-refractivity contribution in [3.05, 3.63) is 35.0 Å². The molecule has 2 aromatic rings. The number of hydrogen-bond donors (Lipinski definition) is 2. The number of H-pyrrole nitrogens is 1. The Labute approximate surface area is 110 Å². The number of carbonyl (C=O) groups is 1. The number of carbonyl (C=O) groups excluding carboxylic acids is 1. The van der Waals surface area contributed by atoms with Gasteiger partial charge < -0.3 is 15.5 Å². The molecule has 0 aliphatic carbocycles. The zero-order valence-corrected chi connectivity index (χ0v) is 10.8. The van der Waals surface area contributed by atoms with Gasteiger partial charge in [-0.25, -0.2) is 0 Å². The molecule has 0 bridgehead atoms. The summed E-state index contributed by atoms with van der Waals surface area (Å²) in [5.74, 6) is -0.390. The van der Waals surface area contributed by atoms with Crippen molar-refractivity contribution in [2.45, 2.75) is 19.4 Å². The first kappa shape index (κ1) is 12.9. The summed E-state index contributed by atoms with van der Waals surface area (Å²) >= 11 is 6.15. The molecule has 0 radical (unpaired) electrons. The molecule has 1 heterocycles. The van der Waals surface area contributed by atoms with Crippen molar-refractivity contribution in [1.82, 2.24) is 4.98 Å². The summed E-state index contributed by atoms with van der Waals surface area (Å²) in [4.78, 5) is 14.6. The van der Waals surface area contributed by atoms with E-state index in [1.807, 2.05) is 24.4 Å². The Balaban J connectivity index is 2.24. The zero-order valence-electron chi connectivity index (χ0n) is 10.1. The van der Waals surface area contributed by atoms with Crippen LogP contribution in [0.2, 0.25) is 5.02 Å². The topological polar surface area (TPSA) is 68.1 Å². The van der Waals surface area contributed by atoms with E-state index < -0.39 is 6.04 Å². The van der Waals surface area contributed by atoms with Crippen LogP contribution >= 0.6 is 11.6 Å². The molecule has 2 rings (SSSR count). The Kier molecular flexibility index (Phi) is 3.89. The van der Waals surface area contributed by atoms with Crippen LogP contribution in [0.5, 0.6) is 0 Å². The summed E-state index contributed by atoms with van der Waals surface area (Å²) in [5, 5.41) is 1.57. The molecule has 4 nitrogen and oxygen atoms in total. The van der Waals surface area contributed by atoms with Crippen molar-refractivity contribution in [2.24, 2.45) is 5.73 Å². The second kappa shape index (κ2) is 5.42. The molecule has 1 aromatic heterocycles. The molecular formula is C13H15ClN2O2. The molecular weight excluding hydrogens is 252 g/mol. The van der Waals surface area contributed by atoms with Crippen LogP contribution in [0, 0.1) is 0 Å². The lowest BCUT2D eigenvalue weighted by Gasteiger charge is -2.09. The highest BCUT2D eigenvalue weighted by atomic mass is 35.5. The summed E-state index contributed by atoms with van der Waals surface area (Å²) in [6.07, 6.45) is 2.23. The SMILES string of the molecule is CCOC(=O)C(N)Cc1c[nH]c2cccc(Cl)c12. The first-order valence-electron chi connectivity index (χ1n) is 5.80. The zero-order chi connectivity index (χ0) is 13.1. The molecule has 0 fully saturated rings. The molecule has 0 saturated carbocycles. The molecule has 0 spiro atoms. The number of benzene rings is 1. The van der Waals surface area contributed by atoms with Crippen LogP contribution in [0.3, 0.4) is 0 Å². The molecule has 3 N–H and O–H groups in total. The molecule has 18 heavy (non-hydrogen) atoms. The number of hydrogen-bond acceptors (Lipinski definition) is 3. The fraction of sp³-hybridized carbons (Fsp3) is 0.308. The van der Waals surface area contributed by atoms with E-state index in [-0.39, 0.29) is 5.97 Å². The van der Waals surface area contributed by atoms with E-state index in [2.05, 4.69) is 4.98 Å². The van der Waals surface area contributed by atoms with Gasteiger partial charge in [0.15, 0.2) is 0 Å². The summed E-state index contributed by atoms with van der Waals surface area (Å²) in [7, 11) is 0. The monoisotopic (exact) mass is 266 g/mol. The molecule has 0 amide bonds. The maximum atomic E-state index is 11.5. The van der Waals surface area contributed by atoms with Gasteiger partial charge >= 0.3 is 5.97 Å². The van der Waals surface area contributed by atoms with Crippen molar-refractivity contribution in [1.29, 1.82) is 0 Å². The highest BCUT2D eigenvalue weighted by Crippen LogP contribution is 2.27. The lowest BCUT2D eigenvalue weighted by Crippen LogP contribution is -2.34. The van der Waals surface area contributed by atoms with E-state index in [1.54, 1.807) is 6.92 Å². The third-order valence-corrected chi connectivity index (χ3v) is 3.08. The van der Waals surface area contributed by atoms with Crippen LogP contribution in [0.25, 0.3) is 10.9 Å². The van der Waals surface area contributed by atoms with Gasteiger partial charge in [-0.2, -0.15) is 0 Å². The van der Waals surface area contributed by atoms with Gasteiger partial charge in [0, 0.05) is 23.5 Å². The van der Waals surface area contributed by atoms with Gasteiger partial charge in [-0.1, -0.05) is 17.7 Å². The second-order valence-corrected chi connectivity index (χ2v) is 4.45. The Morgan fingerprint density at radius 2 is 2.33 bits per heavy atom. The number of halogens is 1. The van der Waals surface area contributed by atoms with Gasteiger partial charge in [-0.3, -0.25) is 4.79 Å². The average Bonchev–Trinajstić information content (AvgIpc) is 2.74. The van der Waals surface area contributed by atoms with E-state index in [0.717, 1.165) is 16.5 Å². The van der Waals surface area contributed by atoms with E-state index >= 15 is 0 Å². The van der Waals surface area contributed by atoms with Crippen molar-refractivity contribution in [3.63, 3.8) is 0 Å². The number of ether oxygens (including phenoxy) is 1. The average molecular weight is 267 g/mol. The highest BCUT2D eigenvalue weighted by molar-refractivity contribution is 6.35. The van der Waals surface area contributed by atoms with Crippen molar-refractivity contribution in [2.75, 3.05) is 6.61 Å². The number of fused-ring (bicyclic) bond motifs is 1. The summed E-state index contributed by atoms with van der Waals surface area (Å²) < 4.78 is 4.89. The number of esters is 1. The van der Waals surface area contributed by atoms with Gasteiger partial charge in [0.05, 0.1) is 11.6 Å². The predicted octanol–water partition coefficient (Wildman–Crippen LogP) is 2.25. The third-order valence-electron chi connectivity index (χ3n) is 2.77. The summed E-state index contributed by atoms with van der Waals surface area (Å²) in [6, 6.07) is 4.95. The van der Waals surface area contributed by atoms with Gasteiger partial charge in [0.1, 0.15) is 6.04 Å². The number of aromatic nitrogens is 1. The Morgan fingerprint density at radius 1 is 1.56 bits per heavy atom. The minimum absolute atomic E-state index is 0.334. The first-order chi connectivity index (χ1) is 8.63. The van der Waals surface area contributed by atoms with Crippen LogP contribution in [0.4, 0.5) is 0 Å². The summed E-state index contributed by atoms with van der Waals surface area (Å²) in [5.41, 5.74) is 7.67. The minimum Gasteiger partial charge on any atom is -0.465 e. The van der Waals surface area contributed by atoms with E-state index in [0.29, 0.717) is 18.1 Å². The van der Waals surface area contributed by atoms with Crippen LogP contribution < -0.4 is 5.73 Å². The van der Waals surface area contributed by atoms with Crippen LogP contribution in [-0.2, 0) is 16.0 Å². The largest absolute Gasteiger partial charge is 0.465 e. The van der Waals surface area contributed by atoms with Crippen LogP contribution in [0.15, 0.2) is 24.4 Å². The van der Waals surface area contributed by atoms with Crippen LogP contribution in [-0.4, -0.2) is 23.6 Å². The van der Waals surface area contributed by atoms with Crippen molar-refractivity contribution < 1.29 is 9.53 Å². The Hall–Kier alpha value is -1.52. The number of nitrogens with two attached hydrogens (primary N) is 1. The number of rotatable bonds is 4. The number of nitrogens with one attached hydrogen (secondary N) is 1. The minimum atomic E-state index is -0.666. The van der Waals surface area contributed by atoms with Crippen molar-refractivity contribution >= 4 is 28.5 Å². The van der Waals surface area contributed by atoms with Gasteiger partial charge in [0.2, 0.25) is 0 Å². The van der Waals surface area contributed by atoms with Gasteiger partial charge in [-0.15, -0.1) is 0 Å². The summed E-state index contributed by atoms with van der Waals surface area (Å²) in [6.45, 7) is 2.09. The standard InChI is InChI=1S/C13H15ClN2O2/c1-2-18-13(17)10(15)6-8-7-16-11-5-3-4-9(14)12(8)11/h3-5,7,10,16H,2,6,15H2,1H3. The smallest absolute Gasteiger partial charge is 0.323 e. The molecule has 0 saturated heterocycles. The van der Waals surface area contributed by atoms with E-state index in [1.165, 1.54) is 0 Å². The Morgan fingerprint density at radius 3 is 3.06 bits per heavy atom. The molecule has 5 heteroatoms. The molecule has 0 aliphatic heterocycles. The highest BCUT2D eigenvalue weighted by Gasteiger charge is 2.17. The Bertz CT molecular complexity index is 565. The molecule has 1 atom stereocenters. The molecule has 1 aromatic carbocycles. The van der Waals surface area contributed by atoms with E-state index in [4.69, 9.17) is 22.1 Å². The molecule has 1 unspecified atom stereocenters. The lowest BCUT2D eigenvalue weighted by atomic mass is 10.1. The van der Waals surface area contributed by atoms with Gasteiger partial charge in [-0.05, 0) is 24.6 Å². The lowest BCUT2D eigenvalue weighted by molar-refractivity contribution is -0.144. The second-order valence-electron chi connectivity index (χ2n) is 4.04. The quantitative estimate of drug-likeness (QED) is 0.834. The molecule has 96 valence electrons. The van der Waals surface area contributed by atoms with Crippen LogP contribution in [0.1, 0.15) is 12.5 Å². The normalized spacial score (nSPS) is 12.6. The fourth-order valence-corrected chi connectivity index (χ4v) is 2.23. The van der Waals surface area contributed by atoms with E-state index in [9.17, 15) is 4.79 Å². The fourth-order valence-electron chi connectivity index (χ4n) is 1.94. The third kappa shape index (κ3) is 2.49. The number of aromatic amines is 1. The molecule has 0 aliphatic rings. The predicted molar refractivity (Wildman–Crippen MR) is 71.6 cm³/mol.